The molecule has 24 heavy (non-hydrogen) atoms. The Labute approximate surface area is 158 Å². The molecule has 2 aromatic rings. The summed E-state index contributed by atoms with van der Waals surface area (Å²) in [5.74, 6) is 2.22. The Bertz CT molecular complexity index is 682. The van der Waals surface area contributed by atoms with Gasteiger partial charge in [0.25, 0.3) is 0 Å². The molecular formula is C15H18ClN3O2S3. The average Bonchev–Trinajstić information content (AvgIpc) is 3.01. The van der Waals surface area contributed by atoms with Crippen molar-refractivity contribution >= 4 is 58.1 Å². The lowest BCUT2D eigenvalue weighted by molar-refractivity contribution is -0.115. The topological polar surface area (TPSA) is 64.1 Å². The molecule has 0 radical (unpaired) electrons. The van der Waals surface area contributed by atoms with E-state index >= 15 is 0 Å². The molecular weight excluding hydrogens is 386 g/mol. The highest BCUT2D eigenvalue weighted by atomic mass is 35.5. The summed E-state index contributed by atoms with van der Waals surface area (Å²) in [6, 6.07) is 5.16. The van der Waals surface area contributed by atoms with E-state index in [9.17, 15) is 4.79 Å². The van der Waals surface area contributed by atoms with Gasteiger partial charge in [-0.1, -0.05) is 53.4 Å². The summed E-state index contributed by atoms with van der Waals surface area (Å²) in [6.07, 6.45) is 1.51. The molecule has 1 aromatic heterocycles. The van der Waals surface area contributed by atoms with E-state index in [4.69, 9.17) is 16.3 Å². The van der Waals surface area contributed by atoms with E-state index in [1.165, 1.54) is 0 Å². The molecule has 0 spiro atoms. The van der Waals surface area contributed by atoms with E-state index in [0.29, 0.717) is 28.6 Å². The second-order valence-corrected chi connectivity index (χ2v) is 8.75. The standard InChI is InChI=1S/C15H18ClN3O2S3/c1-3-7-22-14-18-19-15(24-14)23-8-6-13(20)17-10-4-5-12(21-2)11(16)9-10/h4-5,9H,3,6-8H2,1-2H3,(H,17,20). The van der Waals surface area contributed by atoms with Crippen LogP contribution in [0.2, 0.25) is 5.02 Å². The number of benzene rings is 1. The van der Waals surface area contributed by atoms with E-state index in [-0.39, 0.29) is 5.91 Å². The minimum atomic E-state index is -0.0613. The molecule has 0 unspecified atom stereocenters. The predicted octanol–water partition coefficient (Wildman–Crippen LogP) is 4.82. The fraction of sp³-hybridized carbons (Fsp3) is 0.400. The lowest BCUT2D eigenvalue weighted by Gasteiger charge is -2.07. The summed E-state index contributed by atoms with van der Waals surface area (Å²) >= 11 is 10.9. The summed E-state index contributed by atoms with van der Waals surface area (Å²) < 4.78 is 6.96. The molecule has 5 nitrogen and oxygen atoms in total. The fourth-order valence-corrected chi connectivity index (χ4v) is 4.91. The van der Waals surface area contributed by atoms with Crippen LogP contribution in [0, 0.1) is 0 Å². The number of nitrogens with one attached hydrogen (secondary N) is 1. The van der Waals surface area contributed by atoms with Gasteiger partial charge in [0.15, 0.2) is 8.68 Å². The van der Waals surface area contributed by atoms with Crippen LogP contribution in [0.3, 0.4) is 0 Å². The van der Waals surface area contributed by atoms with Gasteiger partial charge in [-0.05, 0) is 24.6 Å². The summed E-state index contributed by atoms with van der Waals surface area (Å²) in [7, 11) is 1.55. The van der Waals surface area contributed by atoms with Crippen molar-refractivity contribution in [1.82, 2.24) is 10.2 Å². The van der Waals surface area contributed by atoms with Gasteiger partial charge >= 0.3 is 0 Å². The van der Waals surface area contributed by atoms with Crippen molar-refractivity contribution < 1.29 is 9.53 Å². The third-order valence-corrected chi connectivity index (χ3v) is 6.50. The van der Waals surface area contributed by atoms with Crippen molar-refractivity contribution in [2.24, 2.45) is 0 Å². The number of rotatable bonds is 9. The quantitative estimate of drug-likeness (QED) is 0.605. The van der Waals surface area contributed by atoms with Gasteiger partial charge in [-0.2, -0.15) is 0 Å². The summed E-state index contributed by atoms with van der Waals surface area (Å²) in [5.41, 5.74) is 0.657. The molecule has 0 aliphatic rings. The van der Waals surface area contributed by atoms with Crippen molar-refractivity contribution in [3.8, 4) is 5.75 Å². The Morgan fingerprint density at radius 2 is 2.00 bits per heavy atom. The number of hydrogen-bond acceptors (Lipinski definition) is 7. The van der Waals surface area contributed by atoms with E-state index < -0.39 is 0 Å². The van der Waals surface area contributed by atoms with E-state index in [1.54, 1.807) is 60.2 Å². The molecule has 0 saturated carbocycles. The second-order valence-electron chi connectivity index (χ2n) is 4.68. The number of halogens is 1. The third-order valence-electron chi connectivity index (χ3n) is 2.81. The van der Waals surface area contributed by atoms with Gasteiger partial charge in [0.05, 0.1) is 12.1 Å². The van der Waals surface area contributed by atoms with Crippen LogP contribution in [0.1, 0.15) is 19.8 Å². The van der Waals surface area contributed by atoms with Gasteiger partial charge in [-0.25, -0.2) is 0 Å². The molecule has 9 heteroatoms. The van der Waals surface area contributed by atoms with Crippen LogP contribution in [0.15, 0.2) is 26.9 Å². The smallest absolute Gasteiger partial charge is 0.225 e. The zero-order valence-electron chi connectivity index (χ0n) is 13.4. The van der Waals surface area contributed by atoms with Crippen LogP contribution in [-0.2, 0) is 4.79 Å². The second kappa shape index (κ2) is 10.1. The number of ether oxygens (including phenoxy) is 1. The monoisotopic (exact) mass is 403 g/mol. The van der Waals surface area contributed by atoms with Crippen LogP contribution in [0.4, 0.5) is 5.69 Å². The minimum absolute atomic E-state index is 0.0613. The number of hydrogen-bond donors (Lipinski definition) is 1. The van der Waals surface area contributed by atoms with Crippen LogP contribution in [0.25, 0.3) is 0 Å². The molecule has 1 aromatic carbocycles. The van der Waals surface area contributed by atoms with Crippen molar-refractivity contribution in [2.45, 2.75) is 28.4 Å². The van der Waals surface area contributed by atoms with Gasteiger partial charge < -0.3 is 10.1 Å². The molecule has 0 bridgehead atoms. The molecule has 130 valence electrons. The highest BCUT2D eigenvalue weighted by molar-refractivity contribution is 8.03. The highest BCUT2D eigenvalue weighted by Crippen LogP contribution is 2.30. The average molecular weight is 404 g/mol. The first-order chi connectivity index (χ1) is 11.6. The van der Waals surface area contributed by atoms with E-state index in [0.717, 1.165) is 20.9 Å². The van der Waals surface area contributed by atoms with Crippen LogP contribution < -0.4 is 10.1 Å². The van der Waals surface area contributed by atoms with Crippen molar-refractivity contribution in [3.63, 3.8) is 0 Å². The number of carbonyl (C=O) groups excluding carboxylic acids is 1. The van der Waals surface area contributed by atoms with Gasteiger partial charge in [0.2, 0.25) is 5.91 Å². The maximum Gasteiger partial charge on any atom is 0.225 e. The van der Waals surface area contributed by atoms with Crippen molar-refractivity contribution in [1.29, 1.82) is 0 Å². The zero-order valence-corrected chi connectivity index (χ0v) is 16.6. The lowest BCUT2D eigenvalue weighted by Crippen LogP contribution is -2.12. The number of carbonyl (C=O) groups is 1. The van der Waals surface area contributed by atoms with Gasteiger partial charge in [-0.3, -0.25) is 4.79 Å². The summed E-state index contributed by atoms with van der Waals surface area (Å²) in [5, 5.41) is 11.5. The van der Waals surface area contributed by atoms with Gasteiger partial charge in [0, 0.05) is 23.6 Å². The Morgan fingerprint density at radius 3 is 2.62 bits per heavy atom. The van der Waals surface area contributed by atoms with Crippen LogP contribution >= 0.6 is 46.5 Å². The van der Waals surface area contributed by atoms with Crippen LogP contribution in [-0.4, -0.2) is 34.7 Å². The minimum Gasteiger partial charge on any atom is -0.495 e. The number of anilines is 1. The third kappa shape index (κ3) is 6.16. The number of nitrogens with zero attached hydrogens (tertiary/aromatic N) is 2. The number of amides is 1. The zero-order chi connectivity index (χ0) is 17.4. The maximum absolute atomic E-state index is 12.0. The largest absolute Gasteiger partial charge is 0.495 e. The normalized spacial score (nSPS) is 10.6. The first-order valence-electron chi connectivity index (χ1n) is 7.35. The molecule has 0 aliphatic carbocycles. The van der Waals surface area contributed by atoms with Gasteiger partial charge in [-0.15, -0.1) is 10.2 Å². The maximum atomic E-state index is 12.0. The summed E-state index contributed by atoms with van der Waals surface area (Å²) in [4.78, 5) is 12.0. The Kier molecular flexibility index (Phi) is 8.17. The first kappa shape index (κ1) is 19.4. The molecule has 1 amide bonds. The number of aromatic nitrogens is 2. The van der Waals surface area contributed by atoms with Gasteiger partial charge in [0.1, 0.15) is 5.75 Å². The molecule has 0 saturated heterocycles. The van der Waals surface area contributed by atoms with Crippen LogP contribution in [0.5, 0.6) is 5.75 Å². The first-order valence-corrected chi connectivity index (χ1v) is 10.5. The van der Waals surface area contributed by atoms with E-state index in [2.05, 4.69) is 22.4 Å². The Morgan fingerprint density at radius 1 is 1.29 bits per heavy atom. The molecule has 2 rings (SSSR count). The van der Waals surface area contributed by atoms with E-state index in [1.807, 2.05) is 0 Å². The molecule has 0 aliphatic heterocycles. The Balaban J connectivity index is 1.75. The lowest BCUT2D eigenvalue weighted by atomic mass is 10.3. The molecule has 0 atom stereocenters. The fourth-order valence-electron chi connectivity index (χ4n) is 1.70. The molecule has 1 heterocycles. The summed E-state index contributed by atoms with van der Waals surface area (Å²) in [6.45, 7) is 2.14. The molecule has 0 fully saturated rings. The Hall–Kier alpha value is -0.960. The molecule has 1 N–H and O–H groups in total. The highest BCUT2D eigenvalue weighted by Gasteiger charge is 2.08. The number of methoxy groups -OCH3 is 1. The number of thioether (sulfide) groups is 2. The van der Waals surface area contributed by atoms with Crippen molar-refractivity contribution in [3.05, 3.63) is 23.2 Å². The SMILES string of the molecule is CCCSc1nnc(SCCC(=O)Nc2ccc(OC)c(Cl)c2)s1. The van der Waals surface area contributed by atoms with Crippen molar-refractivity contribution in [2.75, 3.05) is 23.9 Å². The predicted molar refractivity (Wildman–Crippen MR) is 103 cm³/mol.